The van der Waals surface area contributed by atoms with Crippen LogP contribution in [0.15, 0.2) is 6.20 Å². The van der Waals surface area contributed by atoms with Crippen LogP contribution in [0.1, 0.15) is 24.1 Å². The summed E-state index contributed by atoms with van der Waals surface area (Å²) >= 11 is 0. The minimum Gasteiger partial charge on any atom is -0.283 e. The zero-order valence-electron chi connectivity index (χ0n) is 7.95. The van der Waals surface area contributed by atoms with E-state index in [1.54, 1.807) is 6.20 Å². The van der Waals surface area contributed by atoms with Gasteiger partial charge < -0.3 is 0 Å². The highest BCUT2D eigenvalue weighted by Gasteiger charge is 2.35. The predicted octanol–water partition coefficient (Wildman–Crippen LogP) is 0.300. The maximum Gasteiger partial charge on any atom is 0.214 e. The SMILES string of the molecule is Cc1[nH]ncc1CNS(=O)(=O)C1CC1. The minimum atomic E-state index is -3.07. The molecule has 1 aliphatic rings. The summed E-state index contributed by atoms with van der Waals surface area (Å²) in [4.78, 5) is 0. The van der Waals surface area contributed by atoms with Crippen LogP contribution in [0, 0.1) is 6.92 Å². The topological polar surface area (TPSA) is 74.8 Å². The molecule has 1 aromatic heterocycles. The van der Waals surface area contributed by atoms with Crippen molar-refractivity contribution in [3.63, 3.8) is 0 Å². The fourth-order valence-electron chi connectivity index (χ4n) is 1.23. The van der Waals surface area contributed by atoms with E-state index in [0.29, 0.717) is 6.54 Å². The van der Waals surface area contributed by atoms with Gasteiger partial charge >= 0.3 is 0 Å². The molecule has 2 N–H and O–H groups in total. The van der Waals surface area contributed by atoms with Crippen LogP contribution in [-0.4, -0.2) is 23.9 Å². The average Bonchev–Trinajstić information content (AvgIpc) is 2.89. The highest BCUT2D eigenvalue weighted by molar-refractivity contribution is 7.90. The summed E-state index contributed by atoms with van der Waals surface area (Å²) in [5, 5.41) is 6.43. The third-order valence-electron chi connectivity index (χ3n) is 2.36. The third kappa shape index (κ3) is 1.96. The van der Waals surface area contributed by atoms with Crippen molar-refractivity contribution in [1.29, 1.82) is 0 Å². The van der Waals surface area contributed by atoms with Crippen LogP contribution in [0.2, 0.25) is 0 Å². The number of nitrogens with one attached hydrogen (secondary N) is 2. The van der Waals surface area contributed by atoms with Gasteiger partial charge in [0.1, 0.15) is 0 Å². The third-order valence-corrected chi connectivity index (χ3v) is 4.26. The van der Waals surface area contributed by atoms with Gasteiger partial charge in [0.05, 0.1) is 11.4 Å². The first-order chi connectivity index (χ1) is 6.59. The Balaban J connectivity index is 1.97. The molecule has 0 atom stereocenters. The molecule has 78 valence electrons. The standard InChI is InChI=1S/C8H13N3O2S/c1-6-7(4-9-11-6)5-10-14(12,13)8-2-3-8/h4,8,10H,2-3,5H2,1H3,(H,9,11). The van der Waals surface area contributed by atoms with Gasteiger partial charge in [-0.2, -0.15) is 5.10 Å². The second kappa shape index (κ2) is 3.36. The number of rotatable bonds is 4. The van der Waals surface area contributed by atoms with Crippen LogP contribution in [0.4, 0.5) is 0 Å². The summed E-state index contributed by atoms with van der Waals surface area (Å²) in [6, 6.07) is 0. The summed E-state index contributed by atoms with van der Waals surface area (Å²) < 4.78 is 25.5. The molecule has 2 rings (SSSR count). The molecule has 6 heteroatoms. The number of aryl methyl sites for hydroxylation is 1. The molecule has 0 amide bonds. The number of nitrogens with zero attached hydrogens (tertiary/aromatic N) is 1. The molecule has 1 saturated carbocycles. The molecule has 1 aliphatic carbocycles. The summed E-state index contributed by atoms with van der Waals surface area (Å²) in [7, 11) is -3.07. The molecule has 0 radical (unpaired) electrons. The Kier molecular flexibility index (Phi) is 2.32. The van der Waals surface area contributed by atoms with E-state index in [1.807, 2.05) is 6.92 Å². The van der Waals surface area contributed by atoms with Crippen LogP contribution in [0.5, 0.6) is 0 Å². The smallest absolute Gasteiger partial charge is 0.214 e. The average molecular weight is 215 g/mol. The Morgan fingerprint density at radius 1 is 1.64 bits per heavy atom. The van der Waals surface area contributed by atoms with Crippen LogP contribution in [0.3, 0.4) is 0 Å². The number of hydrogen-bond acceptors (Lipinski definition) is 3. The molecule has 1 aromatic rings. The Hall–Kier alpha value is -0.880. The highest BCUT2D eigenvalue weighted by atomic mass is 32.2. The van der Waals surface area contributed by atoms with Crippen molar-refractivity contribution in [3.8, 4) is 0 Å². The zero-order chi connectivity index (χ0) is 10.2. The zero-order valence-corrected chi connectivity index (χ0v) is 8.76. The first-order valence-corrected chi connectivity index (χ1v) is 6.11. The number of aromatic nitrogens is 2. The van der Waals surface area contributed by atoms with Crippen molar-refractivity contribution in [2.45, 2.75) is 31.6 Å². The largest absolute Gasteiger partial charge is 0.283 e. The van der Waals surface area contributed by atoms with Crippen molar-refractivity contribution in [2.24, 2.45) is 0 Å². The van der Waals surface area contributed by atoms with E-state index < -0.39 is 10.0 Å². The monoisotopic (exact) mass is 215 g/mol. The lowest BCUT2D eigenvalue weighted by atomic mass is 10.3. The molecule has 0 aliphatic heterocycles. The second-order valence-electron chi connectivity index (χ2n) is 3.59. The summed E-state index contributed by atoms with van der Waals surface area (Å²) in [6.45, 7) is 2.20. The predicted molar refractivity (Wildman–Crippen MR) is 52.1 cm³/mol. The van der Waals surface area contributed by atoms with Gasteiger partial charge in [0.15, 0.2) is 0 Å². The van der Waals surface area contributed by atoms with Gasteiger partial charge in [0.25, 0.3) is 0 Å². The number of H-pyrrole nitrogens is 1. The molecule has 0 aromatic carbocycles. The first kappa shape index (κ1) is 9.67. The Labute approximate surface area is 83.0 Å². The summed E-state index contributed by atoms with van der Waals surface area (Å²) in [5.74, 6) is 0. The normalized spacial score (nSPS) is 17.2. The van der Waals surface area contributed by atoms with Gasteiger partial charge in [-0.05, 0) is 19.8 Å². The van der Waals surface area contributed by atoms with E-state index in [4.69, 9.17) is 0 Å². The number of hydrogen-bond donors (Lipinski definition) is 2. The Morgan fingerprint density at radius 2 is 2.36 bits per heavy atom. The molecule has 1 fully saturated rings. The van der Waals surface area contributed by atoms with E-state index in [2.05, 4.69) is 14.9 Å². The maximum atomic E-state index is 11.5. The molecule has 0 spiro atoms. The Morgan fingerprint density at radius 3 is 2.86 bits per heavy atom. The van der Waals surface area contributed by atoms with Crippen molar-refractivity contribution >= 4 is 10.0 Å². The fourth-order valence-corrected chi connectivity index (χ4v) is 2.58. The van der Waals surface area contributed by atoms with Crippen LogP contribution in [-0.2, 0) is 16.6 Å². The van der Waals surface area contributed by atoms with Gasteiger partial charge in [-0.1, -0.05) is 0 Å². The van der Waals surface area contributed by atoms with Crippen molar-refractivity contribution < 1.29 is 8.42 Å². The van der Waals surface area contributed by atoms with Crippen LogP contribution >= 0.6 is 0 Å². The van der Waals surface area contributed by atoms with Gasteiger partial charge in [-0.3, -0.25) is 5.10 Å². The van der Waals surface area contributed by atoms with E-state index in [-0.39, 0.29) is 5.25 Å². The minimum absolute atomic E-state index is 0.158. The lowest BCUT2D eigenvalue weighted by Crippen LogP contribution is -2.26. The van der Waals surface area contributed by atoms with E-state index >= 15 is 0 Å². The molecular formula is C8H13N3O2S. The molecule has 1 heterocycles. The molecule has 0 unspecified atom stereocenters. The van der Waals surface area contributed by atoms with Crippen LogP contribution in [0.25, 0.3) is 0 Å². The molecular weight excluding hydrogens is 202 g/mol. The van der Waals surface area contributed by atoms with Crippen molar-refractivity contribution in [1.82, 2.24) is 14.9 Å². The molecule has 0 bridgehead atoms. The van der Waals surface area contributed by atoms with Crippen molar-refractivity contribution in [3.05, 3.63) is 17.5 Å². The van der Waals surface area contributed by atoms with E-state index in [9.17, 15) is 8.42 Å². The van der Waals surface area contributed by atoms with Gasteiger partial charge in [-0.25, -0.2) is 13.1 Å². The van der Waals surface area contributed by atoms with Crippen LogP contribution < -0.4 is 4.72 Å². The fraction of sp³-hybridized carbons (Fsp3) is 0.625. The second-order valence-corrected chi connectivity index (χ2v) is 5.63. The number of aromatic amines is 1. The summed E-state index contributed by atoms with van der Waals surface area (Å²) in [5.41, 5.74) is 1.80. The van der Waals surface area contributed by atoms with E-state index in [0.717, 1.165) is 24.1 Å². The Bertz CT molecular complexity index is 420. The van der Waals surface area contributed by atoms with Gasteiger partial charge in [0, 0.05) is 17.8 Å². The maximum absolute atomic E-state index is 11.5. The quantitative estimate of drug-likeness (QED) is 0.758. The van der Waals surface area contributed by atoms with Gasteiger partial charge in [0.2, 0.25) is 10.0 Å². The van der Waals surface area contributed by atoms with E-state index in [1.165, 1.54) is 0 Å². The van der Waals surface area contributed by atoms with Crippen molar-refractivity contribution in [2.75, 3.05) is 0 Å². The summed E-state index contributed by atoms with van der Waals surface area (Å²) in [6.07, 6.45) is 3.23. The number of sulfonamides is 1. The molecule has 0 saturated heterocycles. The highest BCUT2D eigenvalue weighted by Crippen LogP contribution is 2.27. The lowest BCUT2D eigenvalue weighted by Gasteiger charge is -2.03. The first-order valence-electron chi connectivity index (χ1n) is 4.57. The molecule has 5 nitrogen and oxygen atoms in total. The lowest BCUT2D eigenvalue weighted by molar-refractivity contribution is 0.580. The molecule has 14 heavy (non-hydrogen) atoms. The van der Waals surface area contributed by atoms with Gasteiger partial charge in [-0.15, -0.1) is 0 Å².